The minimum atomic E-state index is -0.415. The topological polar surface area (TPSA) is 101 Å². The summed E-state index contributed by atoms with van der Waals surface area (Å²) in [4.78, 5) is 24.4. The Balaban J connectivity index is 2.36. The maximum absolute atomic E-state index is 11.7. The van der Waals surface area contributed by atoms with Crippen LogP contribution in [0.2, 0.25) is 0 Å². The molecule has 1 aromatic rings. The maximum atomic E-state index is 11.7. The van der Waals surface area contributed by atoms with Crippen LogP contribution < -0.4 is 16.0 Å². The Labute approximate surface area is 123 Å². The molecule has 7 nitrogen and oxygen atoms in total. The molecule has 2 rings (SSSR count). The summed E-state index contributed by atoms with van der Waals surface area (Å²) in [6, 6.07) is 4.50. The van der Waals surface area contributed by atoms with Gasteiger partial charge in [0.05, 0.1) is 4.92 Å². The number of nitro groups is 1. The van der Waals surface area contributed by atoms with Gasteiger partial charge in [0.2, 0.25) is 0 Å². The first kappa shape index (κ1) is 15.2. The molecule has 2 atom stereocenters. The Bertz CT molecular complexity index is 559. The maximum Gasteiger partial charge on any atom is 0.292 e. The van der Waals surface area contributed by atoms with Crippen LogP contribution in [0, 0.1) is 16.0 Å². The first-order chi connectivity index (χ1) is 9.93. The number of carbonyl (C=O) groups is 1. The molecule has 0 aliphatic carbocycles. The molecule has 3 N–H and O–H groups in total. The summed E-state index contributed by atoms with van der Waals surface area (Å²) in [5.41, 5.74) is 6.84. The van der Waals surface area contributed by atoms with Gasteiger partial charge in [-0.3, -0.25) is 14.9 Å². The first-order valence-corrected chi connectivity index (χ1v) is 6.95. The zero-order valence-electron chi connectivity index (χ0n) is 12.2. The summed E-state index contributed by atoms with van der Waals surface area (Å²) >= 11 is 0. The van der Waals surface area contributed by atoms with Crippen molar-refractivity contribution in [1.82, 2.24) is 5.32 Å². The van der Waals surface area contributed by atoms with E-state index in [-0.39, 0.29) is 17.6 Å². The number of amides is 1. The molecule has 0 saturated carbocycles. The van der Waals surface area contributed by atoms with Gasteiger partial charge in [0, 0.05) is 37.8 Å². The van der Waals surface area contributed by atoms with Crippen molar-refractivity contribution in [3.63, 3.8) is 0 Å². The minimum Gasteiger partial charge on any atom is -0.366 e. The van der Waals surface area contributed by atoms with Crippen molar-refractivity contribution in [2.45, 2.75) is 19.4 Å². The highest BCUT2D eigenvalue weighted by Crippen LogP contribution is 2.33. The second kappa shape index (κ2) is 6.09. The highest BCUT2D eigenvalue weighted by atomic mass is 16.6. The third kappa shape index (κ3) is 3.13. The predicted octanol–water partition coefficient (Wildman–Crippen LogP) is 1.13. The smallest absolute Gasteiger partial charge is 0.292 e. The summed E-state index contributed by atoms with van der Waals surface area (Å²) in [7, 11) is 1.53. The fourth-order valence-electron chi connectivity index (χ4n) is 2.65. The van der Waals surface area contributed by atoms with E-state index in [0.29, 0.717) is 30.3 Å². The van der Waals surface area contributed by atoms with E-state index in [4.69, 9.17) is 5.73 Å². The van der Waals surface area contributed by atoms with E-state index in [1.165, 1.54) is 19.2 Å². The van der Waals surface area contributed by atoms with Crippen LogP contribution in [0.5, 0.6) is 0 Å². The molecule has 0 spiro atoms. The third-order valence-corrected chi connectivity index (χ3v) is 3.97. The van der Waals surface area contributed by atoms with Crippen LogP contribution in [0.1, 0.15) is 23.7 Å². The normalized spacial score (nSPS) is 19.4. The second-order valence-electron chi connectivity index (χ2n) is 5.39. The van der Waals surface area contributed by atoms with Crippen molar-refractivity contribution in [3.05, 3.63) is 33.9 Å². The summed E-state index contributed by atoms with van der Waals surface area (Å²) in [6.45, 7) is 3.34. The van der Waals surface area contributed by atoms with Gasteiger partial charge in [-0.15, -0.1) is 0 Å². The van der Waals surface area contributed by atoms with Crippen molar-refractivity contribution in [2.24, 2.45) is 11.7 Å². The number of nitro benzene ring substituents is 1. The van der Waals surface area contributed by atoms with Gasteiger partial charge in [0.25, 0.3) is 11.6 Å². The number of nitrogens with zero attached hydrogens (tertiary/aromatic N) is 2. The Morgan fingerprint density at radius 2 is 2.29 bits per heavy atom. The average Bonchev–Trinajstić information content (AvgIpc) is 2.95. The van der Waals surface area contributed by atoms with Crippen molar-refractivity contribution in [1.29, 1.82) is 0 Å². The van der Waals surface area contributed by atoms with Crippen LogP contribution in [0.15, 0.2) is 18.2 Å². The van der Waals surface area contributed by atoms with Crippen molar-refractivity contribution in [2.75, 3.05) is 25.0 Å². The predicted molar refractivity (Wildman–Crippen MR) is 80.5 cm³/mol. The van der Waals surface area contributed by atoms with Gasteiger partial charge in [-0.05, 0) is 31.4 Å². The highest BCUT2D eigenvalue weighted by molar-refractivity contribution is 5.95. The molecule has 7 heteroatoms. The monoisotopic (exact) mass is 292 g/mol. The van der Waals surface area contributed by atoms with Gasteiger partial charge >= 0.3 is 0 Å². The van der Waals surface area contributed by atoms with Gasteiger partial charge in [-0.25, -0.2) is 0 Å². The molecule has 0 radical (unpaired) electrons. The number of hydrogen-bond donors (Lipinski definition) is 2. The zero-order chi connectivity index (χ0) is 15.6. The molecule has 1 heterocycles. The first-order valence-electron chi connectivity index (χ1n) is 6.95. The molecule has 1 aromatic carbocycles. The van der Waals surface area contributed by atoms with Crippen LogP contribution >= 0.6 is 0 Å². The molecule has 114 valence electrons. The molecule has 1 amide bonds. The molecule has 1 fully saturated rings. The van der Waals surface area contributed by atoms with E-state index in [1.54, 1.807) is 6.07 Å². The van der Waals surface area contributed by atoms with Gasteiger partial charge in [-0.2, -0.15) is 0 Å². The van der Waals surface area contributed by atoms with E-state index in [9.17, 15) is 14.9 Å². The number of benzene rings is 1. The van der Waals surface area contributed by atoms with E-state index in [1.807, 2.05) is 11.8 Å². The van der Waals surface area contributed by atoms with Gasteiger partial charge in [0.1, 0.15) is 5.69 Å². The number of nitrogens with two attached hydrogens (primary N) is 1. The Kier molecular flexibility index (Phi) is 4.42. The lowest BCUT2D eigenvalue weighted by Gasteiger charge is -2.20. The summed E-state index contributed by atoms with van der Waals surface area (Å²) in [6.07, 6.45) is 0.902. The molecule has 1 saturated heterocycles. The van der Waals surface area contributed by atoms with E-state index in [0.717, 1.165) is 6.42 Å². The van der Waals surface area contributed by atoms with Crippen LogP contribution in [0.25, 0.3) is 0 Å². The summed E-state index contributed by atoms with van der Waals surface area (Å²) in [5.74, 6) is 0.0577. The Morgan fingerprint density at radius 3 is 2.81 bits per heavy atom. The molecular formula is C14H20N4O3. The van der Waals surface area contributed by atoms with Gasteiger partial charge in [0.15, 0.2) is 0 Å². The SMILES string of the molecule is CNC(=O)c1ccc([N+](=O)[O-])c(N2CCC(C(C)N)C2)c1. The largest absolute Gasteiger partial charge is 0.366 e. The van der Waals surface area contributed by atoms with E-state index < -0.39 is 4.92 Å². The van der Waals surface area contributed by atoms with Gasteiger partial charge in [-0.1, -0.05) is 0 Å². The molecule has 1 aliphatic rings. The van der Waals surface area contributed by atoms with Gasteiger partial charge < -0.3 is 16.0 Å². The number of hydrogen-bond acceptors (Lipinski definition) is 5. The zero-order valence-corrected chi connectivity index (χ0v) is 12.2. The third-order valence-electron chi connectivity index (χ3n) is 3.97. The lowest BCUT2D eigenvalue weighted by Crippen LogP contribution is -2.30. The van der Waals surface area contributed by atoms with Crippen molar-refractivity contribution < 1.29 is 9.72 Å². The summed E-state index contributed by atoms with van der Waals surface area (Å²) < 4.78 is 0. The second-order valence-corrected chi connectivity index (χ2v) is 5.39. The molecule has 0 aromatic heterocycles. The molecule has 0 bridgehead atoms. The lowest BCUT2D eigenvalue weighted by atomic mass is 10.0. The average molecular weight is 292 g/mol. The molecule has 21 heavy (non-hydrogen) atoms. The van der Waals surface area contributed by atoms with E-state index >= 15 is 0 Å². The van der Waals surface area contributed by atoms with Crippen LogP contribution in [0.4, 0.5) is 11.4 Å². The number of rotatable bonds is 4. The highest BCUT2D eigenvalue weighted by Gasteiger charge is 2.29. The lowest BCUT2D eigenvalue weighted by molar-refractivity contribution is -0.384. The Hall–Kier alpha value is -2.15. The summed E-state index contributed by atoms with van der Waals surface area (Å²) in [5, 5.41) is 13.7. The molecule has 1 aliphatic heterocycles. The number of anilines is 1. The fourth-order valence-corrected chi connectivity index (χ4v) is 2.65. The van der Waals surface area contributed by atoms with Crippen molar-refractivity contribution >= 4 is 17.3 Å². The minimum absolute atomic E-state index is 0.0213. The van der Waals surface area contributed by atoms with E-state index in [2.05, 4.69) is 5.32 Å². The standard InChI is InChI=1S/C14H20N4O3/c1-9(15)11-5-6-17(8-11)13-7-10(14(19)16-2)3-4-12(13)18(20)21/h3-4,7,9,11H,5-6,8,15H2,1-2H3,(H,16,19). The Morgan fingerprint density at radius 1 is 1.57 bits per heavy atom. The number of nitrogens with one attached hydrogen (secondary N) is 1. The van der Waals surface area contributed by atoms with Crippen LogP contribution in [0.3, 0.4) is 0 Å². The molecular weight excluding hydrogens is 272 g/mol. The molecule has 2 unspecified atom stereocenters. The fraction of sp³-hybridized carbons (Fsp3) is 0.500. The van der Waals surface area contributed by atoms with Crippen molar-refractivity contribution in [3.8, 4) is 0 Å². The number of carbonyl (C=O) groups excluding carboxylic acids is 1. The quantitative estimate of drug-likeness (QED) is 0.640. The van der Waals surface area contributed by atoms with Crippen LogP contribution in [-0.2, 0) is 0 Å². The van der Waals surface area contributed by atoms with Crippen LogP contribution in [-0.4, -0.2) is 37.0 Å².